The van der Waals surface area contributed by atoms with Crippen LogP contribution in [0, 0.1) is 6.92 Å². The van der Waals surface area contributed by atoms with Crippen molar-refractivity contribution < 1.29 is 4.79 Å². The van der Waals surface area contributed by atoms with E-state index in [1.165, 1.54) is 0 Å². The van der Waals surface area contributed by atoms with Crippen LogP contribution in [-0.4, -0.2) is 23.5 Å². The summed E-state index contributed by atoms with van der Waals surface area (Å²) in [4.78, 5) is 16.1. The second kappa shape index (κ2) is 7.28. The van der Waals surface area contributed by atoms with Crippen LogP contribution in [0.4, 0.5) is 5.82 Å². The fraction of sp³-hybridized carbons (Fsp3) is 0.385. The van der Waals surface area contributed by atoms with Crippen LogP contribution in [0.3, 0.4) is 0 Å². The number of pyridine rings is 1. The number of hydrogen-bond donors (Lipinski definition) is 2. The predicted molar refractivity (Wildman–Crippen MR) is 77.6 cm³/mol. The molecule has 0 spiro atoms. The van der Waals surface area contributed by atoms with Crippen molar-refractivity contribution in [1.82, 2.24) is 10.3 Å². The number of nitrogens with zero attached hydrogens (tertiary/aromatic N) is 1. The molecule has 18 heavy (non-hydrogen) atoms. The molecule has 0 aliphatic heterocycles. The monoisotopic (exact) mass is 311 g/mol. The van der Waals surface area contributed by atoms with E-state index < -0.39 is 0 Å². The zero-order chi connectivity index (χ0) is 13.5. The Hall–Kier alpha value is -1.20. The summed E-state index contributed by atoms with van der Waals surface area (Å²) in [5, 5.41) is 5.92. The molecule has 0 aliphatic carbocycles. The van der Waals surface area contributed by atoms with Gasteiger partial charge in [-0.25, -0.2) is 4.98 Å². The topological polar surface area (TPSA) is 54.0 Å². The highest BCUT2D eigenvalue weighted by atomic mass is 79.9. The first-order chi connectivity index (χ1) is 8.54. The Balaban J connectivity index is 2.58. The molecule has 1 aromatic rings. The van der Waals surface area contributed by atoms with Crippen LogP contribution in [0.15, 0.2) is 29.4 Å². The van der Waals surface area contributed by atoms with Gasteiger partial charge in [-0.15, -0.1) is 6.58 Å². The second-order valence-electron chi connectivity index (χ2n) is 4.04. The van der Waals surface area contributed by atoms with Crippen molar-refractivity contribution >= 4 is 27.7 Å². The van der Waals surface area contributed by atoms with Crippen LogP contribution < -0.4 is 10.6 Å². The van der Waals surface area contributed by atoms with E-state index in [4.69, 9.17) is 0 Å². The number of aryl methyl sites for hydroxylation is 1. The van der Waals surface area contributed by atoms with Crippen molar-refractivity contribution in [3.8, 4) is 0 Å². The molecule has 4 nitrogen and oxygen atoms in total. The van der Waals surface area contributed by atoms with Crippen molar-refractivity contribution in [2.24, 2.45) is 0 Å². The summed E-state index contributed by atoms with van der Waals surface area (Å²) < 4.78 is 0.704. The van der Waals surface area contributed by atoms with Crippen LogP contribution in [0.5, 0.6) is 0 Å². The lowest BCUT2D eigenvalue weighted by atomic mass is 10.2. The summed E-state index contributed by atoms with van der Waals surface area (Å²) in [6, 6.07) is 3.49. The summed E-state index contributed by atoms with van der Waals surface area (Å²) in [5.41, 5.74) is 0.935. The van der Waals surface area contributed by atoms with Gasteiger partial charge in [0.15, 0.2) is 0 Å². The molecule has 0 saturated carbocycles. The normalized spacial score (nSPS) is 11.9. The Morgan fingerprint density at radius 2 is 2.33 bits per heavy atom. The minimum Gasteiger partial charge on any atom is -0.309 e. The second-order valence-corrected chi connectivity index (χ2v) is 4.85. The maximum atomic E-state index is 11.9. The number of rotatable bonds is 6. The van der Waals surface area contributed by atoms with Crippen LogP contribution >= 0.6 is 15.9 Å². The van der Waals surface area contributed by atoms with Gasteiger partial charge in [-0.2, -0.15) is 0 Å². The summed E-state index contributed by atoms with van der Waals surface area (Å²) in [5.74, 6) is 0.500. The molecule has 1 aromatic heterocycles. The Kier molecular flexibility index (Phi) is 6.01. The fourth-order valence-corrected chi connectivity index (χ4v) is 1.66. The molecule has 98 valence electrons. The molecule has 0 unspecified atom stereocenters. The van der Waals surface area contributed by atoms with Gasteiger partial charge in [-0.05, 0) is 54.4 Å². The summed E-state index contributed by atoms with van der Waals surface area (Å²) in [7, 11) is 0. The highest BCUT2D eigenvalue weighted by Gasteiger charge is 2.13. The summed E-state index contributed by atoms with van der Waals surface area (Å²) in [6.07, 6.45) is 2.66. The van der Waals surface area contributed by atoms with E-state index in [-0.39, 0.29) is 11.9 Å². The molecular formula is C13H18BrN3O. The molecule has 1 rings (SSSR count). The fourth-order valence-electron chi connectivity index (χ4n) is 1.35. The molecule has 0 saturated heterocycles. The first-order valence-corrected chi connectivity index (χ1v) is 6.62. The van der Waals surface area contributed by atoms with E-state index >= 15 is 0 Å². The lowest BCUT2D eigenvalue weighted by Gasteiger charge is -2.14. The van der Waals surface area contributed by atoms with Gasteiger partial charge in [0.05, 0.1) is 6.04 Å². The van der Waals surface area contributed by atoms with Gasteiger partial charge in [0.2, 0.25) is 5.91 Å². The molecule has 1 heterocycles. The van der Waals surface area contributed by atoms with E-state index in [2.05, 4.69) is 38.1 Å². The third kappa shape index (κ3) is 4.58. The Bertz CT molecular complexity index is 434. The first-order valence-electron chi connectivity index (χ1n) is 5.83. The molecule has 0 aromatic carbocycles. The molecule has 2 N–H and O–H groups in total. The van der Waals surface area contributed by atoms with E-state index in [1.54, 1.807) is 0 Å². The first kappa shape index (κ1) is 14.9. The SMILES string of the molecule is C=CCCN[C@@H](C)C(=O)Nc1nc(Br)ccc1C. The number of hydrogen-bond acceptors (Lipinski definition) is 3. The number of aromatic nitrogens is 1. The lowest BCUT2D eigenvalue weighted by Crippen LogP contribution is -2.38. The molecule has 0 bridgehead atoms. The minimum atomic E-state index is -0.259. The summed E-state index contributed by atoms with van der Waals surface area (Å²) in [6.45, 7) is 8.11. The van der Waals surface area contributed by atoms with Crippen molar-refractivity contribution in [1.29, 1.82) is 0 Å². The number of anilines is 1. The molecule has 0 fully saturated rings. The quantitative estimate of drug-likeness (QED) is 0.482. The highest BCUT2D eigenvalue weighted by molar-refractivity contribution is 9.10. The van der Waals surface area contributed by atoms with Crippen LogP contribution in [-0.2, 0) is 4.79 Å². The molecule has 0 aliphatic rings. The third-order valence-electron chi connectivity index (χ3n) is 2.50. The van der Waals surface area contributed by atoms with Gasteiger partial charge >= 0.3 is 0 Å². The number of carbonyl (C=O) groups is 1. The Morgan fingerprint density at radius 3 is 3.00 bits per heavy atom. The number of halogens is 1. The summed E-state index contributed by atoms with van der Waals surface area (Å²) >= 11 is 3.29. The van der Waals surface area contributed by atoms with Crippen molar-refractivity contribution in [3.63, 3.8) is 0 Å². The highest BCUT2D eigenvalue weighted by Crippen LogP contribution is 2.15. The number of carbonyl (C=O) groups excluding carboxylic acids is 1. The molecule has 5 heteroatoms. The Labute approximate surface area is 116 Å². The predicted octanol–water partition coefficient (Wildman–Crippen LogP) is 2.65. The lowest BCUT2D eigenvalue weighted by molar-refractivity contribution is -0.117. The zero-order valence-corrected chi connectivity index (χ0v) is 12.3. The van der Waals surface area contributed by atoms with E-state index in [1.807, 2.05) is 32.1 Å². The van der Waals surface area contributed by atoms with Crippen molar-refractivity contribution in [2.45, 2.75) is 26.3 Å². The average molecular weight is 312 g/mol. The molecule has 1 atom stereocenters. The van der Waals surface area contributed by atoms with E-state index in [0.717, 1.165) is 18.5 Å². The van der Waals surface area contributed by atoms with Crippen molar-refractivity contribution in [3.05, 3.63) is 35.0 Å². The zero-order valence-electron chi connectivity index (χ0n) is 10.7. The van der Waals surface area contributed by atoms with Crippen LogP contribution in [0.25, 0.3) is 0 Å². The molecule has 1 amide bonds. The maximum Gasteiger partial charge on any atom is 0.242 e. The largest absolute Gasteiger partial charge is 0.309 e. The molecule has 0 radical (unpaired) electrons. The average Bonchev–Trinajstić information content (AvgIpc) is 2.34. The van der Waals surface area contributed by atoms with Gasteiger partial charge in [-0.3, -0.25) is 4.79 Å². The van der Waals surface area contributed by atoms with E-state index in [9.17, 15) is 4.79 Å². The van der Waals surface area contributed by atoms with Gasteiger partial charge < -0.3 is 10.6 Å². The van der Waals surface area contributed by atoms with E-state index in [0.29, 0.717) is 10.4 Å². The molecular weight excluding hydrogens is 294 g/mol. The standard InChI is InChI=1S/C13H18BrN3O/c1-4-5-8-15-10(3)13(18)17-12-9(2)6-7-11(14)16-12/h4,6-7,10,15H,1,5,8H2,2-3H3,(H,16,17,18)/t10-/m0/s1. The van der Waals surface area contributed by atoms with Crippen LogP contribution in [0.1, 0.15) is 18.9 Å². The Morgan fingerprint density at radius 1 is 1.61 bits per heavy atom. The number of nitrogens with one attached hydrogen (secondary N) is 2. The smallest absolute Gasteiger partial charge is 0.242 e. The third-order valence-corrected chi connectivity index (χ3v) is 2.94. The van der Waals surface area contributed by atoms with Crippen molar-refractivity contribution in [2.75, 3.05) is 11.9 Å². The van der Waals surface area contributed by atoms with Crippen LogP contribution in [0.2, 0.25) is 0 Å². The van der Waals surface area contributed by atoms with Gasteiger partial charge in [0.1, 0.15) is 10.4 Å². The number of amides is 1. The van der Waals surface area contributed by atoms with Gasteiger partial charge in [0.25, 0.3) is 0 Å². The minimum absolute atomic E-state index is 0.0900. The van der Waals surface area contributed by atoms with Gasteiger partial charge in [-0.1, -0.05) is 12.1 Å². The van der Waals surface area contributed by atoms with Gasteiger partial charge in [0, 0.05) is 0 Å². The maximum absolute atomic E-state index is 11.9.